The number of carbonyl (C=O) groups is 1. The van der Waals surface area contributed by atoms with E-state index in [0.717, 1.165) is 27.1 Å². The molecule has 0 atom stereocenters. The number of ether oxygens (including phenoxy) is 2. The number of carbonyl (C=O) groups excluding carboxylic acids is 1. The number of benzene rings is 3. The summed E-state index contributed by atoms with van der Waals surface area (Å²) >= 11 is 8.07. The number of rotatable bonds is 10. The molecule has 3 aromatic carbocycles. The Kier molecular flexibility index (Phi) is 8.40. The quantitative estimate of drug-likeness (QED) is 0.303. The number of amides is 1. The number of hydrogen-bond acceptors (Lipinski definition) is 7. The van der Waals surface area contributed by atoms with Crippen LogP contribution in [0.3, 0.4) is 0 Å². The van der Waals surface area contributed by atoms with Gasteiger partial charge in [-0.3, -0.25) is 9.10 Å². The highest BCUT2D eigenvalue weighted by atomic mass is 35.5. The van der Waals surface area contributed by atoms with Crippen LogP contribution in [0, 0.1) is 0 Å². The van der Waals surface area contributed by atoms with E-state index in [-0.39, 0.29) is 21.7 Å². The third kappa shape index (κ3) is 6.31. The van der Waals surface area contributed by atoms with Crippen molar-refractivity contribution in [2.24, 2.45) is 5.10 Å². The van der Waals surface area contributed by atoms with Crippen LogP contribution in [0.15, 0.2) is 82.8 Å². The van der Waals surface area contributed by atoms with E-state index in [1.54, 1.807) is 24.3 Å². The number of nitrogens with zero attached hydrogens (tertiary/aromatic N) is 2. The van der Waals surface area contributed by atoms with Gasteiger partial charge in [0, 0.05) is 11.5 Å². The summed E-state index contributed by atoms with van der Waals surface area (Å²) in [4.78, 5) is 12.7. The first-order valence-corrected chi connectivity index (χ1v) is 13.9. The van der Waals surface area contributed by atoms with Crippen molar-refractivity contribution in [3.63, 3.8) is 0 Å². The minimum absolute atomic E-state index is 0.0380. The number of hydrogen-bond donors (Lipinski definition) is 1. The number of sulfonamides is 1. The van der Waals surface area contributed by atoms with Gasteiger partial charge in [-0.15, -0.1) is 0 Å². The van der Waals surface area contributed by atoms with Crippen molar-refractivity contribution < 1.29 is 22.7 Å². The van der Waals surface area contributed by atoms with Crippen molar-refractivity contribution in [1.29, 1.82) is 0 Å². The molecule has 0 bridgehead atoms. The summed E-state index contributed by atoms with van der Waals surface area (Å²) in [6.45, 7) is -0.511. The third-order valence-electron chi connectivity index (χ3n) is 5.23. The molecule has 0 radical (unpaired) electrons. The number of hydrazone groups is 1. The minimum Gasteiger partial charge on any atom is -0.495 e. The monoisotopic (exact) mass is 545 g/mol. The molecule has 11 heteroatoms. The second-order valence-electron chi connectivity index (χ2n) is 7.78. The molecule has 1 heterocycles. The molecule has 8 nitrogen and oxygen atoms in total. The maximum atomic E-state index is 13.4. The molecule has 1 aliphatic rings. The number of halogens is 1. The van der Waals surface area contributed by atoms with E-state index in [1.807, 2.05) is 36.0 Å². The van der Waals surface area contributed by atoms with E-state index in [9.17, 15) is 13.2 Å². The molecule has 188 valence electrons. The predicted octanol–water partition coefficient (Wildman–Crippen LogP) is 4.19. The lowest BCUT2D eigenvalue weighted by molar-refractivity contribution is -0.119. The van der Waals surface area contributed by atoms with Gasteiger partial charge in [0.1, 0.15) is 24.1 Å². The average molecular weight is 546 g/mol. The summed E-state index contributed by atoms with van der Waals surface area (Å²) in [5.74, 6) is 2.53. The van der Waals surface area contributed by atoms with Crippen molar-refractivity contribution >= 4 is 51.2 Å². The molecule has 0 aliphatic carbocycles. The van der Waals surface area contributed by atoms with Crippen LogP contribution in [-0.2, 0) is 14.8 Å². The highest BCUT2D eigenvalue weighted by Crippen LogP contribution is 2.32. The first kappa shape index (κ1) is 25.9. The SMILES string of the molecule is COc1ccc(N(CC(=O)N/N=C\c2ccc(OC3CSC3)cc2)S(=O)(=O)c2ccccc2)cc1Cl. The zero-order valence-corrected chi connectivity index (χ0v) is 21.7. The highest BCUT2D eigenvalue weighted by Gasteiger charge is 2.27. The van der Waals surface area contributed by atoms with Gasteiger partial charge in [0.15, 0.2) is 0 Å². The fourth-order valence-electron chi connectivity index (χ4n) is 3.30. The number of anilines is 1. The van der Waals surface area contributed by atoms with Gasteiger partial charge < -0.3 is 9.47 Å². The zero-order chi connectivity index (χ0) is 25.5. The van der Waals surface area contributed by atoms with Gasteiger partial charge in [0.25, 0.3) is 15.9 Å². The third-order valence-corrected chi connectivity index (χ3v) is 8.53. The van der Waals surface area contributed by atoms with E-state index < -0.39 is 22.5 Å². The molecular weight excluding hydrogens is 522 g/mol. The second kappa shape index (κ2) is 11.7. The average Bonchev–Trinajstić information content (AvgIpc) is 2.86. The Morgan fingerprint density at radius 3 is 2.47 bits per heavy atom. The Morgan fingerprint density at radius 1 is 1.14 bits per heavy atom. The van der Waals surface area contributed by atoms with Crippen molar-refractivity contribution in [2.75, 3.05) is 29.5 Å². The number of methoxy groups -OCH3 is 1. The normalized spacial score (nSPS) is 13.7. The van der Waals surface area contributed by atoms with Gasteiger partial charge in [-0.2, -0.15) is 16.9 Å². The summed E-state index contributed by atoms with van der Waals surface area (Å²) in [6, 6.07) is 19.7. The standard InChI is InChI=1S/C25H24ClN3O5S2/c1-33-24-12-9-19(13-23(24)26)29(36(31,32)22-5-3-2-4-6-22)15-25(30)28-27-14-18-7-10-20(11-8-18)34-21-16-35-17-21/h2-14,21H,15-17H2,1H3,(H,28,30)/b27-14-. The van der Waals surface area contributed by atoms with Crippen LogP contribution in [0.5, 0.6) is 11.5 Å². The maximum Gasteiger partial charge on any atom is 0.264 e. The summed E-state index contributed by atoms with van der Waals surface area (Å²) in [7, 11) is -2.61. The molecule has 1 saturated heterocycles. The van der Waals surface area contributed by atoms with Crippen LogP contribution >= 0.6 is 23.4 Å². The van der Waals surface area contributed by atoms with Gasteiger partial charge in [-0.25, -0.2) is 13.8 Å². The summed E-state index contributed by atoms with van der Waals surface area (Å²) in [5, 5.41) is 4.18. The molecule has 1 N–H and O–H groups in total. The van der Waals surface area contributed by atoms with Gasteiger partial charge in [0.05, 0.1) is 28.9 Å². The number of thioether (sulfide) groups is 1. The van der Waals surface area contributed by atoms with Crippen molar-refractivity contribution in [3.05, 3.63) is 83.4 Å². The van der Waals surface area contributed by atoms with Crippen LogP contribution < -0.4 is 19.2 Å². The molecule has 1 fully saturated rings. The Morgan fingerprint density at radius 2 is 1.86 bits per heavy atom. The number of nitrogens with one attached hydrogen (secondary N) is 1. The summed E-state index contributed by atoms with van der Waals surface area (Å²) in [6.07, 6.45) is 1.73. The first-order valence-electron chi connectivity index (χ1n) is 10.9. The van der Waals surface area contributed by atoms with Crippen LogP contribution in [0.4, 0.5) is 5.69 Å². The van der Waals surface area contributed by atoms with Crippen LogP contribution in [0.1, 0.15) is 5.56 Å². The first-order chi connectivity index (χ1) is 17.4. The van der Waals surface area contributed by atoms with Gasteiger partial charge in [-0.1, -0.05) is 29.8 Å². The van der Waals surface area contributed by atoms with Crippen LogP contribution in [-0.4, -0.2) is 51.8 Å². The highest BCUT2D eigenvalue weighted by molar-refractivity contribution is 8.00. The molecule has 0 aromatic heterocycles. The van der Waals surface area contributed by atoms with Crippen LogP contribution in [0.2, 0.25) is 5.02 Å². The molecule has 0 saturated carbocycles. The summed E-state index contributed by atoms with van der Waals surface area (Å²) in [5.41, 5.74) is 3.35. The smallest absolute Gasteiger partial charge is 0.264 e. The Labute approximate surface area is 219 Å². The molecule has 1 amide bonds. The van der Waals surface area contributed by atoms with Crippen molar-refractivity contribution in [2.45, 2.75) is 11.0 Å². The lowest BCUT2D eigenvalue weighted by Crippen LogP contribution is -2.39. The predicted molar refractivity (Wildman–Crippen MR) is 143 cm³/mol. The Hall–Kier alpha value is -3.21. The van der Waals surface area contributed by atoms with E-state index >= 15 is 0 Å². The maximum absolute atomic E-state index is 13.4. The van der Waals surface area contributed by atoms with Gasteiger partial charge in [-0.05, 0) is 60.2 Å². The fraction of sp³-hybridized carbons (Fsp3) is 0.200. The lowest BCUT2D eigenvalue weighted by Gasteiger charge is -2.25. The molecule has 0 spiro atoms. The van der Waals surface area contributed by atoms with Crippen LogP contribution in [0.25, 0.3) is 0 Å². The van der Waals surface area contributed by atoms with Gasteiger partial charge in [0.2, 0.25) is 0 Å². The van der Waals surface area contributed by atoms with Gasteiger partial charge >= 0.3 is 0 Å². The second-order valence-corrected chi connectivity index (χ2v) is 11.1. The molecule has 4 rings (SSSR count). The minimum atomic E-state index is -4.07. The summed E-state index contributed by atoms with van der Waals surface area (Å²) < 4.78 is 38.7. The lowest BCUT2D eigenvalue weighted by atomic mass is 10.2. The zero-order valence-electron chi connectivity index (χ0n) is 19.3. The Balaban J connectivity index is 1.47. The molecule has 36 heavy (non-hydrogen) atoms. The Bertz CT molecular complexity index is 1330. The molecule has 0 unspecified atom stereocenters. The molecule has 3 aromatic rings. The molecule has 1 aliphatic heterocycles. The van der Waals surface area contributed by atoms with E-state index in [1.165, 1.54) is 37.6 Å². The van der Waals surface area contributed by atoms with E-state index in [2.05, 4.69) is 10.5 Å². The topological polar surface area (TPSA) is 97.3 Å². The molecular formula is C25H24ClN3O5S2. The van der Waals surface area contributed by atoms with Crippen molar-refractivity contribution in [3.8, 4) is 11.5 Å². The fourth-order valence-corrected chi connectivity index (χ4v) is 5.55. The van der Waals surface area contributed by atoms with E-state index in [0.29, 0.717) is 5.75 Å². The van der Waals surface area contributed by atoms with Crippen molar-refractivity contribution in [1.82, 2.24) is 5.43 Å². The van der Waals surface area contributed by atoms with E-state index in [4.69, 9.17) is 21.1 Å². The largest absolute Gasteiger partial charge is 0.495 e.